The van der Waals surface area contributed by atoms with Gasteiger partial charge in [-0.05, 0) is 35.4 Å². The van der Waals surface area contributed by atoms with Gasteiger partial charge in [-0.25, -0.2) is 0 Å². The summed E-state index contributed by atoms with van der Waals surface area (Å²) in [7, 11) is 2.90. The quantitative estimate of drug-likeness (QED) is 0.137. The second-order valence-corrected chi connectivity index (χ2v) is 12.3. The van der Waals surface area contributed by atoms with Crippen LogP contribution in [-0.4, -0.2) is 143 Å². The molecule has 4 aliphatic heterocycles. The molecule has 2 aromatic rings. The van der Waals surface area contributed by atoms with Gasteiger partial charge in [0.25, 0.3) is 0 Å². The van der Waals surface area contributed by atoms with E-state index in [-0.39, 0.29) is 35.5 Å². The maximum atomic E-state index is 10.4. The highest BCUT2D eigenvalue weighted by Crippen LogP contribution is 2.52. The molecule has 4 heterocycles. The Hall–Kier alpha value is -2.84. The number of fused-ring (bicyclic) bond motifs is 1. The summed E-state index contributed by atoms with van der Waals surface area (Å²) in [4.78, 5) is 0. The van der Waals surface area contributed by atoms with Crippen molar-refractivity contribution >= 4 is 0 Å². The maximum Gasteiger partial charge on any atom is 0.229 e. The number of hydrogen-bond donors (Lipinski definition) is 8. The first-order valence-electron chi connectivity index (χ1n) is 15.6. The van der Waals surface area contributed by atoms with Crippen LogP contribution in [0.3, 0.4) is 0 Å². The molecular weight excluding hydrogens is 640 g/mol. The van der Waals surface area contributed by atoms with E-state index in [4.69, 9.17) is 37.9 Å². The molecule has 8 N–H and O–H groups in total. The summed E-state index contributed by atoms with van der Waals surface area (Å²) in [5.74, 6) is 0.997. The lowest BCUT2D eigenvalue weighted by Crippen LogP contribution is -2.60. The normalized spacial score (nSPS) is 39.5. The standard InChI is InChI=1S/C32H42O16/c1-41-19-7-13(3-5-17(19)45-31-27(39)25(37)23(35)21(9-33)47-31)29-15-11-44-30(16(15)12-43-29)14-4-6-18(20(8-14)42-2)46-32-28(40)26(38)24(36)22(10-34)48-32/h3-8,15-16,21-40H,9-12H2,1-2H3/t15-,16-,21+,22+,23+,24+,25-,26-,27+,28+,29-,30+,31+,32+/m0/s1. The van der Waals surface area contributed by atoms with E-state index in [9.17, 15) is 40.9 Å². The number of methoxy groups -OCH3 is 2. The molecular formula is C32H42O16. The van der Waals surface area contributed by atoms with Crippen molar-refractivity contribution < 1.29 is 78.7 Å². The van der Waals surface area contributed by atoms with E-state index in [2.05, 4.69) is 0 Å². The molecule has 0 spiro atoms. The Kier molecular flexibility index (Phi) is 10.6. The van der Waals surface area contributed by atoms with Crippen LogP contribution in [0, 0.1) is 11.8 Å². The molecule has 16 heteroatoms. The van der Waals surface area contributed by atoms with Gasteiger partial charge in [-0.15, -0.1) is 0 Å². The summed E-state index contributed by atoms with van der Waals surface area (Å²) in [5.41, 5.74) is 1.59. The lowest BCUT2D eigenvalue weighted by molar-refractivity contribution is -0.277. The van der Waals surface area contributed by atoms with E-state index < -0.39 is 74.6 Å². The van der Waals surface area contributed by atoms with Crippen LogP contribution in [0.15, 0.2) is 36.4 Å². The molecule has 0 unspecified atom stereocenters. The first-order valence-corrected chi connectivity index (χ1v) is 15.6. The molecule has 266 valence electrons. The monoisotopic (exact) mass is 682 g/mol. The van der Waals surface area contributed by atoms with Crippen LogP contribution in [0.5, 0.6) is 23.0 Å². The number of hydrogen-bond acceptors (Lipinski definition) is 16. The average molecular weight is 683 g/mol. The van der Waals surface area contributed by atoms with Crippen LogP contribution < -0.4 is 18.9 Å². The molecule has 0 amide bonds. The highest BCUT2D eigenvalue weighted by Gasteiger charge is 2.49. The fraction of sp³-hybridized carbons (Fsp3) is 0.625. The van der Waals surface area contributed by atoms with Gasteiger partial charge in [0.15, 0.2) is 23.0 Å². The minimum Gasteiger partial charge on any atom is -0.493 e. The fourth-order valence-corrected chi connectivity index (χ4v) is 6.73. The van der Waals surface area contributed by atoms with E-state index in [1.165, 1.54) is 14.2 Å². The number of rotatable bonds is 10. The third-order valence-electron chi connectivity index (χ3n) is 9.48. The second-order valence-electron chi connectivity index (χ2n) is 12.3. The van der Waals surface area contributed by atoms with Gasteiger partial charge < -0.3 is 78.7 Å². The smallest absolute Gasteiger partial charge is 0.229 e. The van der Waals surface area contributed by atoms with E-state index >= 15 is 0 Å². The Balaban J connectivity index is 1.14. The zero-order chi connectivity index (χ0) is 34.3. The summed E-state index contributed by atoms with van der Waals surface area (Å²) in [5, 5.41) is 80.1. The second kappa shape index (κ2) is 14.6. The van der Waals surface area contributed by atoms with E-state index in [1.807, 2.05) is 0 Å². The number of ether oxygens (including phenoxy) is 8. The van der Waals surface area contributed by atoms with E-state index in [1.54, 1.807) is 36.4 Å². The third kappa shape index (κ3) is 6.44. The van der Waals surface area contributed by atoms with Crippen LogP contribution in [-0.2, 0) is 18.9 Å². The van der Waals surface area contributed by atoms with Crippen molar-refractivity contribution in [2.45, 2.75) is 73.6 Å². The predicted molar refractivity (Wildman–Crippen MR) is 159 cm³/mol. The van der Waals surface area contributed by atoms with E-state index in [0.717, 1.165) is 11.1 Å². The van der Waals surface area contributed by atoms with Crippen molar-refractivity contribution in [3.63, 3.8) is 0 Å². The summed E-state index contributed by atoms with van der Waals surface area (Å²) in [6, 6.07) is 10.3. The van der Waals surface area contributed by atoms with Crippen molar-refractivity contribution in [2.75, 3.05) is 40.6 Å². The van der Waals surface area contributed by atoms with Crippen LogP contribution in [0.25, 0.3) is 0 Å². The molecule has 16 nitrogen and oxygen atoms in total. The van der Waals surface area contributed by atoms with Crippen LogP contribution in [0.1, 0.15) is 23.3 Å². The fourth-order valence-electron chi connectivity index (χ4n) is 6.73. The predicted octanol–water partition coefficient (Wildman–Crippen LogP) is -1.86. The van der Waals surface area contributed by atoms with Crippen LogP contribution in [0.4, 0.5) is 0 Å². The number of aliphatic hydroxyl groups is 8. The number of aliphatic hydroxyl groups excluding tert-OH is 8. The van der Waals surface area contributed by atoms with Gasteiger partial charge in [-0.3, -0.25) is 0 Å². The first kappa shape index (κ1) is 35.0. The van der Waals surface area contributed by atoms with Gasteiger partial charge in [-0.2, -0.15) is 0 Å². The highest BCUT2D eigenvalue weighted by atomic mass is 16.7. The van der Waals surface area contributed by atoms with Crippen molar-refractivity contribution in [2.24, 2.45) is 11.8 Å². The average Bonchev–Trinajstić information content (AvgIpc) is 3.72. The minimum atomic E-state index is -1.59. The van der Waals surface area contributed by atoms with Crippen molar-refractivity contribution in [3.05, 3.63) is 47.5 Å². The zero-order valence-corrected chi connectivity index (χ0v) is 26.2. The lowest BCUT2D eigenvalue weighted by atomic mass is 9.85. The molecule has 0 saturated carbocycles. The number of benzene rings is 2. The Morgan fingerprint density at radius 2 is 0.958 bits per heavy atom. The Morgan fingerprint density at radius 3 is 1.31 bits per heavy atom. The first-order chi connectivity index (χ1) is 23.1. The summed E-state index contributed by atoms with van der Waals surface area (Å²) in [6.45, 7) is -0.371. The van der Waals surface area contributed by atoms with Gasteiger partial charge in [0.2, 0.25) is 12.6 Å². The maximum absolute atomic E-state index is 10.4. The minimum absolute atomic E-state index is 0.0204. The lowest BCUT2D eigenvalue weighted by Gasteiger charge is -2.39. The molecule has 0 aromatic heterocycles. The Bertz CT molecular complexity index is 1290. The topological polar surface area (TPSA) is 236 Å². The van der Waals surface area contributed by atoms with Crippen molar-refractivity contribution in [1.82, 2.24) is 0 Å². The molecule has 4 saturated heterocycles. The van der Waals surface area contributed by atoms with Gasteiger partial charge >= 0.3 is 0 Å². The summed E-state index contributed by atoms with van der Waals surface area (Å²) >= 11 is 0. The van der Waals surface area contributed by atoms with E-state index in [0.29, 0.717) is 24.7 Å². The molecule has 6 rings (SSSR count). The molecule has 14 atom stereocenters. The van der Waals surface area contributed by atoms with Crippen LogP contribution in [0.2, 0.25) is 0 Å². The molecule has 4 aliphatic rings. The SMILES string of the molecule is COc1cc([C@H]2OC[C@H]3[C@@H]2CO[C@H]3c2ccc(O[C@@H]3O[C@H](CO)[C@@H](O)[C@H](O)[C@H]3O)c(OC)c2)ccc1O[C@@H]1O[C@H](CO)[C@@H](O)[C@H](O)[C@H]1O. The highest BCUT2D eigenvalue weighted by molar-refractivity contribution is 5.46. The summed E-state index contributed by atoms with van der Waals surface area (Å²) in [6.07, 6.45) is -15.0. The Morgan fingerprint density at radius 1 is 0.562 bits per heavy atom. The molecule has 0 bridgehead atoms. The zero-order valence-electron chi connectivity index (χ0n) is 26.2. The van der Waals surface area contributed by atoms with Gasteiger partial charge in [0, 0.05) is 11.8 Å². The Labute approximate surface area is 275 Å². The van der Waals surface area contributed by atoms with Gasteiger partial charge in [0.05, 0.1) is 52.9 Å². The molecule has 0 radical (unpaired) electrons. The molecule has 2 aromatic carbocycles. The molecule has 4 fully saturated rings. The molecule has 0 aliphatic carbocycles. The van der Waals surface area contributed by atoms with Crippen LogP contribution >= 0.6 is 0 Å². The molecule has 48 heavy (non-hydrogen) atoms. The third-order valence-corrected chi connectivity index (χ3v) is 9.48. The van der Waals surface area contributed by atoms with Gasteiger partial charge in [0.1, 0.15) is 48.8 Å². The van der Waals surface area contributed by atoms with Crippen molar-refractivity contribution in [1.29, 1.82) is 0 Å². The van der Waals surface area contributed by atoms with Crippen molar-refractivity contribution in [3.8, 4) is 23.0 Å². The largest absolute Gasteiger partial charge is 0.493 e. The summed E-state index contributed by atoms with van der Waals surface area (Å²) < 4.78 is 46.1. The van der Waals surface area contributed by atoms with Gasteiger partial charge in [-0.1, -0.05) is 12.1 Å².